The lowest BCUT2D eigenvalue weighted by Crippen LogP contribution is -2.48. The standard InChI is InChI=1S/C34H33F3IN3O3S/c35-34(36,37)26-11-13-31-29(23-26)41(28-8-3-4-9-30(28)45-31)15-5-14-39-16-18-40(19-17-39)20-21-43-33(42)32(38)44-27-12-10-24-6-1-2-7-25(24)22-27/h1-4,6-13,22-23,32H,5,14-21H2. The van der Waals surface area contributed by atoms with Crippen molar-refractivity contribution in [2.75, 3.05) is 57.3 Å². The molecule has 2 aliphatic heterocycles. The molecule has 1 saturated heterocycles. The Bertz CT molecular complexity index is 1650. The van der Waals surface area contributed by atoms with Gasteiger partial charge < -0.3 is 19.3 Å². The van der Waals surface area contributed by atoms with Crippen LogP contribution < -0.4 is 9.64 Å². The molecular formula is C34H33F3IN3O3S. The van der Waals surface area contributed by atoms with E-state index < -0.39 is 21.8 Å². The highest BCUT2D eigenvalue weighted by Crippen LogP contribution is 2.49. The van der Waals surface area contributed by atoms with Crippen LogP contribution in [0.15, 0.2) is 94.7 Å². The Morgan fingerprint density at radius 2 is 1.49 bits per heavy atom. The number of fused-ring (bicyclic) bond motifs is 3. The second kappa shape index (κ2) is 14.2. The lowest BCUT2D eigenvalue weighted by Gasteiger charge is -2.36. The Morgan fingerprint density at radius 1 is 0.800 bits per heavy atom. The molecule has 45 heavy (non-hydrogen) atoms. The Balaban J connectivity index is 0.940. The van der Waals surface area contributed by atoms with Crippen LogP contribution in [0, 0.1) is 0 Å². The first-order valence-corrected chi connectivity index (χ1v) is 17.0. The van der Waals surface area contributed by atoms with Crippen LogP contribution >= 0.6 is 34.4 Å². The summed E-state index contributed by atoms with van der Waals surface area (Å²) in [5.41, 5.74) is 0.939. The second-order valence-corrected chi connectivity index (χ2v) is 13.3. The summed E-state index contributed by atoms with van der Waals surface area (Å²) in [6.07, 6.45) is -3.57. The largest absolute Gasteiger partial charge is 0.468 e. The van der Waals surface area contributed by atoms with E-state index in [9.17, 15) is 18.0 Å². The molecule has 0 radical (unpaired) electrons. The number of hydrogen-bond acceptors (Lipinski definition) is 7. The molecule has 6 rings (SSSR count). The van der Waals surface area contributed by atoms with Crippen molar-refractivity contribution in [2.24, 2.45) is 0 Å². The van der Waals surface area contributed by atoms with Crippen molar-refractivity contribution in [3.05, 3.63) is 90.5 Å². The number of alkyl halides is 4. The van der Waals surface area contributed by atoms with Crippen LogP contribution in [-0.4, -0.2) is 72.3 Å². The number of carbonyl (C=O) groups excluding carboxylic acids is 1. The fourth-order valence-corrected chi connectivity index (χ4v) is 7.23. The maximum absolute atomic E-state index is 13.5. The maximum atomic E-state index is 13.5. The van der Waals surface area contributed by atoms with E-state index in [4.69, 9.17) is 9.47 Å². The van der Waals surface area contributed by atoms with Crippen LogP contribution in [-0.2, 0) is 15.7 Å². The van der Waals surface area contributed by atoms with Crippen molar-refractivity contribution in [3.63, 3.8) is 0 Å². The van der Waals surface area contributed by atoms with E-state index in [-0.39, 0.29) is 0 Å². The number of piperazine rings is 1. The van der Waals surface area contributed by atoms with Gasteiger partial charge in [-0.15, -0.1) is 0 Å². The second-order valence-electron chi connectivity index (χ2n) is 11.0. The molecule has 0 saturated carbocycles. The summed E-state index contributed by atoms with van der Waals surface area (Å²) in [5.74, 6) is 0.226. The van der Waals surface area contributed by atoms with Crippen molar-refractivity contribution >= 4 is 62.5 Å². The summed E-state index contributed by atoms with van der Waals surface area (Å²) in [7, 11) is 0. The number of anilines is 2. The monoisotopic (exact) mass is 747 g/mol. The number of ether oxygens (including phenoxy) is 2. The molecule has 1 unspecified atom stereocenters. The van der Waals surface area contributed by atoms with Crippen LogP contribution in [0.2, 0.25) is 0 Å². The van der Waals surface area contributed by atoms with Gasteiger partial charge in [0.1, 0.15) is 12.4 Å². The highest BCUT2D eigenvalue weighted by atomic mass is 127. The molecule has 11 heteroatoms. The average molecular weight is 748 g/mol. The Kier molecular flexibility index (Phi) is 10.1. The first kappa shape index (κ1) is 32.0. The molecule has 0 amide bonds. The van der Waals surface area contributed by atoms with Crippen LogP contribution in [0.25, 0.3) is 10.8 Å². The first-order chi connectivity index (χ1) is 21.7. The lowest BCUT2D eigenvalue weighted by molar-refractivity contribution is -0.147. The average Bonchev–Trinajstić information content (AvgIpc) is 3.04. The van der Waals surface area contributed by atoms with Gasteiger partial charge >= 0.3 is 12.1 Å². The normalized spacial score (nSPS) is 16.2. The number of nitrogens with zero attached hydrogens (tertiary/aromatic N) is 3. The summed E-state index contributed by atoms with van der Waals surface area (Å²) < 4.78 is 51.1. The van der Waals surface area contributed by atoms with E-state index in [1.807, 2.05) is 94.2 Å². The van der Waals surface area contributed by atoms with Gasteiger partial charge in [0.25, 0.3) is 0 Å². The molecule has 236 valence electrons. The SMILES string of the molecule is O=C(OCCN1CCN(CCCN2c3ccccc3Sc3ccc(C(F)(F)F)cc32)CC1)C(I)Oc1ccc2ccccc2c1. The molecule has 0 spiro atoms. The highest BCUT2D eigenvalue weighted by molar-refractivity contribution is 14.1. The van der Waals surface area contributed by atoms with Crippen molar-refractivity contribution in [2.45, 2.75) is 26.5 Å². The molecule has 0 bridgehead atoms. The zero-order chi connectivity index (χ0) is 31.4. The number of halogens is 4. The highest BCUT2D eigenvalue weighted by Gasteiger charge is 2.33. The molecule has 4 aromatic carbocycles. The van der Waals surface area contributed by atoms with Crippen molar-refractivity contribution in [3.8, 4) is 5.75 Å². The Hall–Kier alpha value is -3.00. The number of para-hydroxylation sites is 1. The zero-order valence-corrected chi connectivity index (χ0v) is 27.5. The molecule has 1 atom stereocenters. The molecular weight excluding hydrogens is 714 g/mol. The third kappa shape index (κ3) is 7.87. The van der Waals surface area contributed by atoms with Gasteiger partial charge in [0, 0.05) is 49.1 Å². The zero-order valence-electron chi connectivity index (χ0n) is 24.5. The number of rotatable bonds is 10. The predicted molar refractivity (Wildman–Crippen MR) is 180 cm³/mol. The predicted octanol–water partition coefficient (Wildman–Crippen LogP) is 7.85. The lowest BCUT2D eigenvalue weighted by atomic mass is 10.1. The number of hydrogen-bond donors (Lipinski definition) is 0. The topological polar surface area (TPSA) is 45.2 Å². The van der Waals surface area contributed by atoms with Crippen LogP contribution in [0.4, 0.5) is 24.5 Å². The van der Waals surface area contributed by atoms with Crippen LogP contribution in [0.5, 0.6) is 5.75 Å². The van der Waals surface area contributed by atoms with Gasteiger partial charge in [-0.2, -0.15) is 13.2 Å². The fourth-order valence-electron chi connectivity index (χ4n) is 5.68. The van der Waals surface area contributed by atoms with Gasteiger partial charge in [0.05, 0.1) is 16.9 Å². The summed E-state index contributed by atoms with van der Waals surface area (Å²) >= 11 is 3.47. The summed E-state index contributed by atoms with van der Waals surface area (Å²) in [6.45, 7) is 5.92. The molecule has 2 heterocycles. The molecule has 1 fully saturated rings. The minimum absolute atomic E-state index is 0.297. The Morgan fingerprint density at radius 3 is 2.27 bits per heavy atom. The quantitative estimate of drug-likeness (QED) is 0.0931. The maximum Gasteiger partial charge on any atom is 0.416 e. The molecule has 4 aromatic rings. The van der Waals surface area contributed by atoms with Gasteiger partial charge in [-0.3, -0.25) is 4.90 Å². The van der Waals surface area contributed by atoms with E-state index in [0.29, 0.717) is 31.1 Å². The minimum atomic E-state index is -4.39. The van der Waals surface area contributed by atoms with Crippen LogP contribution in [0.1, 0.15) is 12.0 Å². The van der Waals surface area contributed by atoms with E-state index in [0.717, 1.165) is 65.4 Å². The molecule has 6 nitrogen and oxygen atoms in total. The molecule has 2 aliphatic rings. The van der Waals surface area contributed by atoms with Gasteiger partial charge in [-0.25, -0.2) is 4.79 Å². The van der Waals surface area contributed by atoms with Gasteiger partial charge in [0.15, 0.2) is 0 Å². The van der Waals surface area contributed by atoms with Crippen molar-refractivity contribution in [1.82, 2.24) is 9.80 Å². The third-order valence-electron chi connectivity index (χ3n) is 8.07. The number of benzene rings is 4. The van der Waals surface area contributed by atoms with Crippen molar-refractivity contribution in [1.29, 1.82) is 0 Å². The molecule has 0 N–H and O–H groups in total. The van der Waals surface area contributed by atoms with Gasteiger partial charge in [-0.05, 0) is 88.8 Å². The van der Waals surface area contributed by atoms with E-state index in [2.05, 4.69) is 9.80 Å². The fraction of sp³-hybridized carbons (Fsp3) is 0.324. The first-order valence-electron chi connectivity index (χ1n) is 14.9. The van der Waals surface area contributed by atoms with Crippen molar-refractivity contribution < 1.29 is 27.4 Å². The summed E-state index contributed by atoms with van der Waals surface area (Å²) in [4.78, 5) is 21.1. The summed E-state index contributed by atoms with van der Waals surface area (Å²) in [6, 6.07) is 25.6. The van der Waals surface area contributed by atoms with E-state index >= 15 is 0 Å². The van der Waals surface area contributed by atoms with E-state index in [1.165, 1.54) is 23.9 Å². The minimum Gasteiger partial charge on any atom is -0.468 e. The smallest absolute Gasteiger partial charge is 0.416 e. The van der Waals surface area contributed by atoms with E-state index in [1.54, 1.807) is 6.07 Å². The summed E-state index contributed by atoms with van der Waals surface area (Å²) in [5, 5.41) is 2.16. The number of carbonyl (C=O) groups is 1. The number of esters is 1. The third-order valence-corrected chi connectivity index (χ3v) is 9.96. The van der Waals surface area contributed by atoms with Crippen LogP contribution in [0.3, 0.4) is 0 Å². The van der Waals surface area contributed by atoms with Gasteiger partial charge in [0.2, 0.25) is 4.11 Å². The Labute approximate surface area is 278 Å². The molecule has 0 aliphatic carbocycles. The molecule has 0 aromatic heterocycles. The van der Waals surface area contributed by atoms with Gasteiger partial charge in [-0.1, -0.05) is 54.2 Å².